The molecule has 0 radical (unpaired) electrons. The van der Waals surface area contributed by atoms with Gasteiger partial charge < -0.3 is 9.32 Å². The summed E-state index contributed by atoms with van der Waals surface area (Å²) in [7, 11) is 0. The molecular weight excluding hydrogens is 332 g/mol. The fraction of sp³-hybridized carbons (Fsp3) is 0.263. The lowest BCUT2D eigenvalue weighted by atomic mass is 9.96. The summed E-state index contributed by atoms with van der Waals surface area (Å²) >= 11 is 0. The minimum atomic E-state index is -0.482. The Labute approximate surface area is 149 Å². The number of benzene rings is 2. The molecule has 0 spiro atoms. The number of rotatable bonds is 3. The van der Waals surface area contributed by atoms with Crippen LogP contribution >= 0.6 is 0 Å². The topological polar surface area (TPSA) is 96.2 Å². The van der Waals surface area contributed by atoms with Gasteiger partial charge in [-0.2, -0.15) is 5.26 Å². The molecule has 0 bridgehead atoms. The first-order chi connectivity index (χ1) is 12.7. The number of piperidine rings is 1. The smallest absolute Gasteiger partial charge is 0.270 e. The summed E-state index contributed by atoms with van der Waals surface area (Å²) in [5, 5.41) is 20.2. The molecule has 130 valence electrons. The Balaban J connectivity index is 1.51. The molecule has 0 unspecified atom stereocenters. The number of non-ortho nitro benzene ring substituents is 1. The first-order valence-electron chi connectivity index (χ1n) is 8.44. The number of fused-ring (bicyclic) bond motifs is 1. The van der Waals surface area contributed by atoms with Crippen LogP contribution in [0.15, 0.2) is 46.9 Å². The molecule has 1 aliphatic rings. The van der Waals surface area contributed by atoms with Gasteiger partial charge in [-0.3, -0.25) is 10.1 Å². The van der Waals surface area contributed by atoms with Crippen LogP contribution < -0.4 is 4.90 Å². The number of nitriles is 1. The predicted molar refractivity (Wildman–Crippen MR) is 96.0 cm³/mol. The molecule has 26 heavy (non-hydrogen) atoms. The third-order valence-electron chi connectivity index (χ3n) is 4.81. The zero-order chi connectivity index (χ0) is 18.1. The molecule has 0 saturated carbocycles. The minimum Gasteiger partial charge on any atom is -0.440 e. The minimum absolute atomic E-state index is 0.0633. The van der Waals surface area contributed by atoms with Gasteiger partial charge in [0.15, 0.2) is 11.5 Å². The van der Waals surface area contributed by atoms with Crippen molar-refractivity contribution in [3.8, 4) is 6.07 Å². The van der Waals surface area contributed by atoms with Gasteiger partial charge in [-0.05, 0) is 31.0 Å². The third kappa shape index (κ3) is 2.86. The zero-order valence-electron chi connectivity index (χ0n) is 14.0. The quantitative estimate of drug-likeness (QED) is 0.524. The molecule has 7 nitrogen and oxygen atoms in total. The van der Waals surface area contributed by atoms with E-state index in [4.69, 9.17) is 4.42 Å². The van der Waals surface area contributed by atoms with E-state index >= 15 is 0 Å². The molecular formula is C19H16N4O3. The van der Waals surface area contributed by atoms with E-state index in [1.165, 1.54) is 12.1 Å². The van der Waals surface area contributed by atoms with Gasteiger partial charge >= 0.3 is 0 Å². The second-order valence-electron chi connectivity index (χ2n) is 6.35. The number of nitro groups is 1. The number of nitro benzene ring substituents is 1. The van der Waals surface area contributed by atoms with Gasteiger partial charge in [-0.1, -0.05) is 12.1 Å². The van der Waals surface area contributed by atoms with Crippen LogP contribution in [0.25, 0.3) is 11.1 Å². The molecule has 2 aromatic carbocycles. The van der Waals surface area contributed by atoms with Crippen LogP contribution in [0.4, 0.5) is 11.4 Å². The maximum Gasteiger partial charge on any atom is 0.270 e. The fourth-order valence-corrected chi connectivity index (χ4v) is 3.43. The molecule has 1 aliphatic heterocycles. The lowest BCUT2D eigenvalue weighted by Gasteiger charge is -2.32. The van der Waals surface area contributed by atoms with Crippen molar-refractivity contribution < 1.29 is 9.34 Å². The Bertz CT molecular complexity index is 980. The largest absolute Gasteiger partial charge is 0.440 e. The van der Waals surface area contributed by atoms with Gasteiger partial charge in [-0.15, -0.1) is 0 Å². The van der Waals surface area contributed by atoms with Crippen molar-refractivity contribution in [3.05, 3.63) is 64.0 Å². The van der Waals surface area contributed by atoms with Crippen LogP contribution in [-0.4, -0.2) is 23.0 Å². The highest BCUT2D eigenvalue weighted by Crippen LogP contribution is 2.33. The highest BCUT2D eigenvalue weighted by atomic mass is 16.6. The Kier molecular flexibility index (Phi) is 4.01. The van der Waals surface area contributed by atoms with Crippen molar-refractivity contribution in [3.63, 3.8) is 0 Å². The number of hydrogen-bond acceptors (Lipinski definition) is 6. The van der Waals surface area contributed by atoms with E-state index in [1.807, 2.05) is 24.3 Å². The summed E-state index contributed by atoms with van der Waals surface area (Å²) in [6.07, 6.45) is 1.71. The first-order valence-corrected chi connectivity index (χ1v) is 8.44. The summed E-state index contributed by atoms with van der Waals surface area (Å²) in [6, 6.07) is 14.2. The van der Waals surface area contributed by atoms with Gasteiger partial charge in [-0.25, -0.2) is 4.98 Å². The van der Waals surface area contributed by atoms with E-state index < -0.39 is 4.92 Å². The monoisotopic (exact) mass is 348 g/mol. The van der Waals surface area contributed by atoms with E-state index in [1.54, 1.807) is 6.07 Å². The fourth-order valence-electron chi connectivity index (χ4n) is 3.43. The van der Waals surface area contributed by atoms with Gasteiger partial charge in [0.25, 0.3) is 5.69 Å². The molecule has 1 fully saturated rings. The van der Waals surface area contributed by atoms with Crippen LogP contribution in [0, 0.1) is 21.4 Å². The normalized spacial score (nSPS) is 15.1. The number of nitrogens with zero attached hydrogens (tertiary/aromatic N) is 4. The van der Waals surface area contributed by atoms with E-state index in [0.717, 1.165) is 48.6 Å². The molecule has 4 rings (SSSR count). The molecule has 0 N–H and O–H groups in total. The summed E-state index contributed by atoms with van der Waals surface area (Å²) in [5.74, 6) is 0.997. The van der Waals surface area contributed by atoms with Crippen molar-refractivity contribution in [2.45, 2.75) is 18.8 Å². The van der Waals surface area contributed by atoms with Crippen LogP contribution in [0.5, 0.6) is 0 Å². The molecule has 0 atom stereocenters. The molecule has 2 heterocycles. The van der Waals surface area contributed by atoms with Crippen LogP contribution in [0.2, 0.25) is 0 Å². The maximum absolute atomic E-state index is 10.9. The molecule has 7 heteroatoms. The van der Waals surface area contributed by atoms with Gasteiger partial charge in [0.1, 0.15) is 11.6 Å². The number of oxazole rings is 1. The lowest BCUT2D eigenvalue weighted by molar-refractivity contribution is -0.384. The van der Waals surface area contributed by atoms with E-state index in [2.05, 4.69) is 16.0 Å². The molecule has 0 aliphatic carbocycles. The first kappa shape index (κ1) is 16.1. The molecule has 1 aromatic heterocycles. The van der Waals surface area contributed by atoms with Crippen LogP contribution in [0.1, 0.15) is 30.2 Å². The molecule has 3 aromatic rings. The summed E-state index contributed by atoms with van der Waals surface area (Å²) < 4.78 is 5.88. The predicted octanol–water partition coefficient (Wildman–Crippen LogP) is 3.99. The highest BCUT2D eigenvalue weighted by Gasteiger charge is 2.26. The standard InChI is InChI=1S/C19H16N4O3/c20-12-14-11-15(23(24)25)5-6-17(14)22-9-7-13(8-10-22)19-21-16-3-1-2-4-18(16)26-19/h1-6,11,13H,7-10H2. The number of aromatic nitrogens is 1. The van der Waals surface area contributed by atoms with Crippen molar-refractivity contribution in [2.75, 3.05) is 18.0 Å². The summed E-state index contributed by atoms with van der Waals surface area (Å²) in [6.45, 7) is 1.49. The Morgan fingerprint density at radius 3 is 2.69 bits per heavy atom. The zero-order valence-corrected chi connectivity index (χ0v) is 14.0. The van der Waals surface area contributed by atoms with Crippen LogP contribution in [-0.2, 0) is 0 Å². The Morgan fingerprint density at radius 2 is 2.00 bits per heavy atom. The molecule has 1 saturated heterocycles. The van der Waals surface area contributed by atoms with Crippen molar-refractivity contribution in [1.29, 1.82) is 5.26 Å². The van der Waals surface area contributed by atoms with Crippen molar-refractivity contribution >= 4 is 22.5 Å². The van der Waals surface area contributed by atoms with Gasteiger partial charge in [0.05, 0.1) is 16.2 Å². The van der Waals surface area contributed by atoms with E-state index in [0.29, 0.717) is 5.56 Å². The Hall–Kier alpha value is -3.40. The van der Waals surface area contributed by atoms with Crippen LogP contribution in [0.3, 0.4) is 0 Å². The van der Waals surface area contributed by atoms with Gasteiger partial charge in [0.2, 0.25) is 0 Å². The average molecular weight is 348 g/mol. The van der Waals surface area contributed by atoms with Crippen molar-refractivity contribution in [2.24, 2.45) is 0 Å². The SMILES string of the molecule is N#Cc1cc([N+](=O)[O-])ccc1N1CCC(c2nc3ccccc3o2)CC1. The highest BCUT2D eigenvalue weighted by molar-refractivity contribution is 5.72. The summed E-state index contributed by atoms with van der Waals surface area (Å²) in [5.41, 5.74) is 2.68. The summed E-state index contributed by atoms with van der Waals surface area (Å²) in [4.78, 5) is 17.1. The maximum atomic E-state index is 10.9. The van der Waals surface area contributed by atoms with Gasteiger partial charge in [0, 0.05) is 31.1 Å². The van der Waals surface area contributed by atoms with E-state index in [-0.39, 0.29) is 11.6 Å². The number of para-hydroxylation sites is 2. The lowest BCUT2D eigenvalue weighted by Crippen LogP contribution is -2.33. The second kappa shape index (κ2) is 6.48. The number of anilines is 1. The average Bonchev–Trinajstić information content (AvgIpc) is 3.12. The second-order valence-corrected chi connectivity index (χ2v) is 6.35. The molecule has 0 amide bonds. The van der Waals surface area contributed by atoms with Crippen molar-refractivity contribution in [1.82, 2.24) is 4.98 Å². The Morgan fingerprint density at radius 1 is 1.23 bits per heavy atom. The van der Waals surface area contributed by atoms with E-state index in [9.17, 15) is 15.4 Å². The third-order valence-corrected chi connectivity index (χ3v) is 4.81. The number of hydrogen-bond donors (Lipinski definition) is 0.